The Morgan fingerprint density at radius 3 is 0.706 bits per heavy atom. The van der Waals surface area contributed by atoms with Gasteiger partial charge in [-0.15, -0.1) is 19.6 Å². The average molecular weight is 335 g/mol. The fourth-order valence-electron chi connectivity index (χ4n) is 0.264. The first-order chi connectivity index (χ1) is 7.44. The van der Waals surface area contributed by atoms with Crippen molar-refractivity contribution >= 4 is 0 Å². The molecule has 0 spiro atoms. The van der Waals surface area contributed by atoms with Gasteiger partial charge in [-0.05, 0) is 48.4 Å². The maximum atomic E-state index is 9.60. The van der Waals surface area contributed by atoms with Crippen molar-refractivity contribution in [3.63, 3.8) is 0 Å². The fourth-order valence-corrected chi connectivity index (χ4v) is 0.264. The number of hydrogen-bond acceptors (Lipinski definition) is 8. The molecule has 98 valence electrons. The van der Waals surface area contributed by atoms with Gasteiger partial charge in [0, 0.05) is 20.4 Å². The third-order valence-corrected chi connectivity index (χ3v) is 1.59. The minimum absolute atomic E-state index is 0. The number of rotatable bonds is 4. The van der Waals surface area contributed by atoms with Gasteiger partial charge >= 0.3 is 0 Å². The van der Waals surface area contributed by atoms with Gasteiger partial charge in [0.2, 0.25) is 0 Å². The van der Waals surface area contributed by atoms with Crippen molar-refractivity contribution in [2.24, 2.45) is 20.7 Å². The second-order valence-electron chi connectivity index (χ2n) is 2.71. The van der Waals surface area contributed by atoms with Crippen LogP contribution in [0.1, 0.15) is 27.7 Å². The second-order valence-corrected chi connectivity index (χ2v) is 2.71. The molecular weight excluding hydrogens is 323 g/mol. The number of nitrogens with zero attached hydrogens (tertiary/aromatic N) is 4. The van der Waals surface area contributed by atoms with Gasteiger partial charge in [-0.1, -0.05) is 0 Å². The summed E-state index contributed by atoms with van der Waals surface area (Å²) < 4.78 is 0. The first-order valence-corrected chi connectivity index (χ1v) is 4.12. The SMILES string of the molecule is CC(N=O)=C(C)N=O.CC(N=O)=C(C)N=O.[Pd]. The molecule has 0 aliphatic carbocycles. The van der Waals surface area contributed by atoms with Gasteiger partial charge in [0.1, 0.15) is 22.8 Å². The van der Waals surface area contributed by atoms with E-state index in [2.05, 4.69) is 20.7 Å². The standard InChI is InChI=1S/2C4H6N2O2.Pd/c2*1-3(5-7)4(2)6-8;/h2*1-2H3;. The van der Waals surface area contributed by atoms with Crippen molar-refractivity contribution in [1.82, 2.24) is 0 Å². The van der Waals surface area contributed by atoms with Gasteiger partial charge in [0.25, 0.3) is 0 Å². The van der Waals surface area contributed by atoms with Gasteiger partial charge in [-0.25, -0.2) is 0 Å². The second kappa shape index (κ2) is 12.6. The molecule has 0 bridgehead atoms. The summed E-state index contributed by atoms with van der Waals surface area (Å²) in [5.74, 6) is 0. The topological polar surface area (TPSA) is 118 Å². The van der Waals surface area contributed by atoms with Gasteiger partial charge < -0.3 is 0 Å². The van der Waals surface area contributed by atoms with E-state index in [0.717, 1.165) is 0 Å². The summed E-state index contributed by atoms with van der Waals surface area (Å²) >= 11 is 0. The Labute approximate surface area is 111 Å². The smallest absolute Gasteiger partial charge is 0.106 e. The van der Waals surface area contributed by atoms with Crippen LogP contribution in [-0.4, -0.2) is 0 Å². The zero-order valence-electron chi connectivity index (χ0n) is 9.74. The Hall–Kier alpha value is -1.46. The summed E-state index contributed by atoms with van der Waals surface area (Å²) in [5.41, 5.74) is 0.556. The van der Waals surface area contributed by atoms with E-state index >= 15 is 0 Å². The molecule has 0 aliphatic rings. The Bertz CT molecular complexity index is 285. The van der Waals surface area contributed by atoms with Crippen molar-refractivity contribution in [3.8, 4) is 0 Å². The van der Waals surface area contributed by atoms with Gasteiger partial charge in [-0.2, -0.15) is 0 Å². The molecular formula is C8H12N4O4Pd. The zero-order valence-corrected chi connectivity index (χ0v) is 11.3. The predicted octanol–water partition coefficient (Wildman–Crippen LogP) is 3.54. The quantitative estimate of drug-likeness (QED) is 0.577. The Morgan fingerprint density at radius 1 is 0.529 bits per heavy atom. The van der Waals surface area contributed by atoms with Gasteiger partial charge in [0.05, 0.1) is 0 Å². The van der Waals surface area contributed by atoms with Crippen LogP contribution in [-0.2, 0) is 20.4 Å². The van der Waals surface area contributed by atoms with E-state index in [1.54, 1.807) is 0 Å². The third kappa shape index (κ3) is 10.8. The summed E-state index contributed by atoms with van der Waals surface area (Å²) in [4.78, 5) is 38.4. The summed E-state index contributed by atoms with van der Waals surface area (Å²) in [6.45, 7) is 5.74. The van der Waals surface area contributed by atoms with E-state index in [1.165, 1.54) is 27.7 Å². The molecule has 0 amide bonds. The van der Waals surface area contributed by atoms with Crippen LogP contribution in [0.5, 0.6) is 0 Å². The Kier molecular flexibility index (Phi) is 15.5. The maximum Gasteiger partial charge on any atom is 0.106 e. The normalized spacial score (nSPS) is 11.5. The van der Waals surface area contributed by atoms with Crippen LogP contribution in [0, 0.1) is 19.6 Å². The monoisotopic (exact) mass is 334 g/mol. The summed E-state index contributed by atoms with van der Waals surface area (Å²) in [6, 6.07) is 0. The van der Waals surface area contributed by atoms with Crippen LogP contribution in [0.2, 0.25) is 0 Å². The molecule has 9 heteroatoms. The Morgan fingerprint density at radius 2 is 0.647 bits per heavy atom. The van der Waals surface area contributed by atoms with E-state index in [9.17, 15) is 19.6 Å². The first-order valence-electron chi connectivity index (χ1n) is 4.12. The van der Waals surface area contributed by atoms with E-state index in [1.807, 2.05) is 0 Å². The molecule has 0 saturated heterocycles. The number of hydrogen-bond donors (Lipinski definition) is 0. The molecule has 0 radical (unpaired) electrons. The predicted molar refractivity (Wildman–Crippen MR) is 59.9 cm³/mol. The molecule has 8 nitrogen and oxygen atoms in total. The van der Waals surface area contributed by atoms with Crippen LogP contribution in [0.4, 0.5) is 0 Å². The summed E-state index contributed by atoms with van der Waals surface area (Å²) in [5, 5.41) is 9.98. The molecule has 0 saturated carbocycles. The summed E-state index contributed by atoms with van der Waals surface area (Å²) in [7, 11) is 0. The van der Waals surface area contributed by atoms with Crippen LogP contribution < -0.4 is 0 Å². The van der Waals surface area contributed by atoms with Crippen molar-refractivity contribution in [2.75, 3.05) is 0 Å². The fraction of sp³-hybridized carbons (Fsp3) is 0.500. The summed E-state index contributed by atoms with van der Waals surface area (Å²) in [6.07, 6.45) is 0. The van der Waals surface area contributed by atoms with Crippen molar-refractivity contribution < 1.29 is 20.4 Å². The first kappa shape index (κ1) is 20.9. The average Bonchev–Trinajstić information content (AvgIpc) is 2.35. The molecule has 0 N–H and O–H groups in total. The number of nitroso groups, excluding NO2 is 4. The van der Waals surface area contributed by atoms with E-state index < -0.39 is 0 Å². The molecule has 0 fully saturated rings. The molecule has 0 aromatic heterocycles. The molecule has 0 unspecified atom stereocenters. The van der Waals surface area contributed by atoms with Crippen LogP contribution in [0.3, 0.4) is 0 Å². The molecule has 0 atom stereocenters. The molecule has 0 aromatic carbocycles. The third-order valence-electron chi connectivity index (χ3n) is 1.59. The van der Waals surface area contributed by atoms with E-state index in [4.69, 9.17) is 0 Å². The molecule has 17 heavy (non-hydrogen) atoms. The molecule has 0 heterocycles. The van der Waals surface area contributed by atoms with Gasteiger partial charge in [-0.3, -0.25) is 0 Å². The molecule has 0 rings (SSSR count). The molecule has 0 aromatic rings. The van der Waals surface area contributed by atoms with Crippen molar-refractivity contribution in [3.05, 3.63) is 42.4 Å². The zero-order chi connectivity index (χ0) is 13.1. The largest absolute Gasteiger partial charge is 0.145 e. The van der Waals surface area contributed by atoms with E-state index in [0.29, 0.717) is 0 Å². The minimum atomic E-state index is 0. The minimum Gasteiger partial charge on any atom is -0.145 e. The van der Waals surface area contributed by atoms with E-state index in [-0.39, 0.29) is 43.2 Å². The molecule has 0 aliphatic heterocycles. The van der Waals surface area contributed by atoms with Crippen LogP contribution in [0.15, 0.2) is 43.5 Å². The van der Waals surface area contributed by atoms with Crippen LogP contribution >= 0.6 is 0 Å². The van der Waals surface area contributed by atoms with Crippen molar-refractivity contribution in [1.29, 1.82) is 0 Å². The Balaban J connectivity index is -0.000000218. The van der Waals surface area contributed by atoms with Gasteiger partial charge in [0.15, 0.2) is 0 Å². The maximum absolute atomic E-state index is 9.60. The number of allylic oxidation sites excluding steroid dienone is 4. The van der Waals surface area contributed by atoms with Crippen LogP contribution in [0.25, 0.3) is 0 Å². The van der Waals surface area contributed by atoms with Crippen molar-refractivity contribution in [2.45, 2.75) is 27.7 Å².